The van der Waals surface area contributed by atoms with Gasteiger partial charge in [0.2, 0.25) is 5.91 Å². The number of carbonyl (C=O) groups excluding carboxylic acids is 1. The second-order valence-electron chi connectivity index (χ2n) is 5.90. The van der Waals surface area contributed by atoms with Gasteiger partial charge in [-0.25, -0.2) is 9.18 Å². The molecule has 25 heavy (non-hydrogen) atoms. The van der Waals surface area contributed by atoms with Gasteiger partial charge >= 0.3 is 5.97 Å². The highest BCUT2D eigenvalue weighted by atomic mass is 19.1. The van der Waals surface area contributed by atoms with Crippen molar-refractivity contribution in [1.82, 2.24) is 4.90 Å². The quantitative estimate of drug-likeness (QED) is 0.927. The van der Waals surface area contributed by atoms with Crippen molar-refractivity contribution in [2.45, 2.75) is 12.5 Å². The number of ether oxygens (including phenoxy) is 1. The van der Waals surface area contributed by atoms with Crippen molar-refractivity contribution in [3.05, 3.63) is 71.0 Å². The Morgan fingerprint density at radius 2 is 2.00 bits per heavy atom. The van der Waals surface area contributed by atoms with Crippen LogP contribution in [0.4, 0.5) is 4.39 Å². The van der Waals surface area contributed by atoms with Crippen molar-refractivity contribution in [2.24, 2.45) is 0 Å². The van der Waals surface area contributed by atoms with Crippen LogP contribution in [0.2, 0.25) is 0 Å². The molecule has 1 fully saturated rings. The van der Waals surface area contributed by atoms with Crippen LogP contribution in [0, 0.1) is 5.82 Å². The summed E-state index contributed by atoms with van der Waals surface area (Å²) < 4.78 is 19.5. The number of benzene rings is 2. The molecule has 0 aromatic heterocycles. The molecule has 1 N–H and O–H groups in total. The third-order valence-corrected chi connectivity index (χ3v) is 4.20. The Kier molecular flexibility index (Phi) is 5.09. The molecule has 1 aliphatic heterocycles. The number of hydrogen-bond acceptors (Lipinski definition) is 3. The molecule has 5 nitrogen and oxygen atoms in total. The first-order chi connectivity index (χ1) is 12.0. The van der Waals surface area contributed by atoms with Gasteiger partial charge in [-0.15, -0.1) is 0 Å². The number of rotatable bonds is 4. The molecule has 1 saturated heterocycles. The number of carboxylic acids is 1. The molecule has 1 aliphatic rings. The maximum atomic E-state index is 13.9. The van der Waals surface area contributed by atoms with E-state index in [-0.39, 0.29) is 30.3 Å². The third kappa shape index (κ3) is 4.03. The Morgan fingerprint density at radius 1 is 1.20 bits per heavy atom. The summed E-state index contributed by atoms with van der Waals surface area (Å²) in [5, 5.41) is 9.03. The molecule has 2 aromatic rings. The van der Waals surface area contributed by atoms with E-state index in [1.807, 2.05) is 0 Å². The van der Waals surface area contributed by atoms with Gasteiger partial charge in [-0.05, 0) is 23.8 Å². The van der Waals surface area contributed by atoms with Crippen LogP contribution in [0.3, 0.4) is 0 Å². The van der Waals surface area contributed by atoms with Crippen molar-refractivity contribution in [3.63, 3.8) is 0 Å². The minimum atomic E-state index is -1.03. The van der Waals surface area contributed by atoms with Crippen LogP contribution >= 0.6 is 0 Å². The number of morpholine rings is 1. The highest BCUT2D eigenvalue weighted by Gasteiger charge is 2.27. The summed E-state index contributed by atoms with van der Waals surface area (Å²) in [7, 11) is 0. The Bertz CT molecular complexity index is 792. The van der Waals surface area contributed by atoms with E-state index in [0.29, 0.717) is 24.3 Å². The van der Waals surface area contributed by atoms with Crippen LogP contribution in [0.15, 0.2) is 48.5 Å². The van der Waals surface area contributed by atoms with Gasteiger partial charge < -0.3 is 14.7 Å². The first kappa shape index (κ1) is 17.1. The topological polar surface area (TPSA) is 66.8 Å². The number of halogens is 1. The molecule has 0 radical (unpaired) electrons. The average Bonchev–Trinajstić information content (AvgIpc) is 2.62. The van der Waals surface area contributed by atoms with E-state index >= 15 is 0 Å². The average molecular weight is 343 g/mol. The van der Waals surface area contributed by atoms with E-state index in [1.165, 1.54) is 18.2 Å². The molecule has 2 aromatic carbocycles. The molecule has 0 saturated carbocycles. The summed E-state index contributed by atoms with van der Waals surface area (Å²) in [5.74, 6) is -1.51. The zero-order valence-corrected chi connectivity index (χ0v) is 13.5. The van der Waals surface area contributed by atoms with E-state index in [9.17, 15) is 14.0 Å². The van der Waals surface area contributed by atoms with Crippen molar-refractivity contribution in [3.8, 4) is 0 Å². The molecule has 3 rings (SSSR count). The predicted octanol–water partition coefficient (Wildman–Crippen LogP) is 2.67. The second kappa shape index (κ2) is 7.44. The van der Waals surface area contributed by atoms with Gasteiger partial charge in [-0.3, -0.25) is 4.79 Å². The van der Waals surface area contributed by atoms with Gasteiger partial charge in [-0.1, -0.05) is 30.3 Å². The number of amides is 1. The lowest BCUT2D eigenvalue weighted by Gasteiger charge is -2.33. The highest BCUT2D eigenvalue weighted by molar-refractivity contribution is 5.88. The maximum absolute atomic E-state index is 13.9. The molecule has 0 aliphatic carbocycles. The van der Waals surface area contributed by atoms with Gasteiger partial charge in [0.1, 0.15) is 11.9 Å². The number of nitrogens with zero attached hydrogens (tertiary/aromatic N) is 1. The molecule has 0 bridgehead atoms. The normalized spacial score (nSPS) is 17.3. The number of carboxylic acid groups (broad SMARTS) is 1. The van der Waals surface area contributed by atoms with Crippen LogP contribution in [0.5, 0.6) is 0 Å². The highest BCUT2D eigenvalue weighted by Crippen LogP contribution is 2.25. The number of aromatic carboxylic acids is 1. The fourth-order valence-electron chi connectivity index (χ4n) is 2.90. The number of carbonyl (C=O) groups is 2. The monoisotopic (exact) mass is 343 g/mol. The maximum Gasteiger partial charge on any atom is 0.335 e. The zero-order valence-electron chi connectivity index (χ0n) is 13.5. The van der Waals surface area contributed by atoms with Crippen LogP contribution in [-0.4, -0.2) is 41.6 Å². The predicted molar refractivity (Wildman–Crippen MR) is 88.8 cm³/mol. The van der Waals surface area contributed by atoms with Gasteiger partial charge in [0.25, 0.3) is 0 Å². The lowest BCUT2D eigenvalue weighted by Crippen LogP contribution is -2.43. The van der Waals surface area contributed by atoms with E-state index in [1.54, 1.807) is 35.2 Å². The Labute approximate surface area is 144 Å². The fraction of sp³-hybridized carbons (Fsp3) is 0.263. The third-order valence-electron chi connectivity index (χ3n) is 4.20. The Hall–Kier alpha value is -2.73. The van der Waals surface area contributed by atoms with E-state index < -0.39 is 12.1 Å². The molecule has 130 valence electrons. The largest absolute Gasteiger partial charge is 0.478 e. The Balaban J connectivity index is 1.69. The minimum Gasteiger partial charge on any atom is -0.478 e. The summed E-state index contributed by atoms with van der Waals surface area (Å²) in [4.78, 5) is 25.2. The summed E-state index contributed by atoms with van der Waals surface area (Å²) in [6.45, 7) is 1.04. The summed E-state index contributed by atoms with van der Waals surface area (Å²) >= 11 is 0. The summed E-state index contributed by atoms with van der Waals surface area (Å²) in [6, 6.07) is 12.7. The van der Waals surface area contributed by atoms with Gasteiger partial charge in [-0.2, -0.15) is 0 Å². The standard InChI is InChI=1S/C19H18FNO4/c20-16-7-2-1-6-15(16)17-12-21(8-9-25-17)18(22)11-13-4-3-5-14(10-13)19(23)24/h1-7,10,17H,8-9,11-12H2,(H,23,24). The lowest BCUT2D eigenvalue weighted by atomic mass is 10.1. The van der Waals surface area contributed by atoms with Crippen molar-refractivity contribution < 1.29 is 23.8 Å². The van der Waals surface area contributed by atoms with Gasteiger partial charge in [0.05, 0.1) is 25.1 Å². The number of hydrogen-bond donors (Lipinski definition) is 1. The van der Waals surface area contributed by atoms with E-state index in [4.69, 9.17) is 9.84 Å². The first-order valence-electron chi connectivity index (χ1n) is 8.00. The van der Waals surface area contributed by atoms with Crippen LogP contribution in [0.25, 0.3) is 0 Å². The molecule has 6 heteroatoms. The molecule has 1 unspecified atom stereocenters. The molecule has 1 amide bonds. The molecular formula is C19H18FNO4. The van der Waals surface area contributed by atoms with Crippen LogP contribution in [0.1, 0.15) is 27.6 Å². The van der Waals surface area contributed by atoms with E-state index in [0.717, 1.165) is 0 Å². The molecule has 1 atom stereocenters. The minimum absolute atomic E-state index is 0.102. The summed E-state index contributed by atoms with van der Waals surface area (Å²) in [6.07, 6.45) is -0.394. The zero-order chi connectivity index (χ0) is 17.8. The SMILES string of the molecule is O=C(O)c1cccc(CC(=O)N2CCOC(c3ccccc3F)C2)c1. The van der Waals surface area contributed by atoms with Crippen LogP contribution < -0.4 is 0 Å². The summed E-state index contributed by atoms with van der Waals surface area (Å²) in [5.41, 5.74) is 1.23. The van der Waals surface area contributed by atoms with Gasteiger partial charge in [0.15, 0.2) is 0 Å². The second-order valence-corrected chi connectivity index (χ2v) is 5.90. The Morgan fingerprint density at radius 3 is 2.76 bits per heavy atom. The fourth-order valence-corrected chi connectivity index (χ4v) is 2.90. The lowest BCUT2D eigenvalue weighted by molar-refractivity contribution is -0.138. The van der Waals surface area contributed by atoms with E-state index in [2.05, 4.69) is 0 Å². The first-order valence-corrected chi connectivity index (χ1v) is 8.00. The molecule has 0 spiro atoms. The molecule has 1 heterocycles. The van der Waals surface area contributed by atoms with Gasteiger partial charge in [0, 0.05) is 12.1 Å². The molecular weight excluding hydrogens is 325 g/mol. The van der Waals surface area contributed by atoms with Crippen molar-refractivity contribution in [2.75, 3.05) is 19.7 Å². The smallest absolute Gasteiger partial charge is 0.335 e. The van der Waals surface area contributed by atoms with Crippen molar-refractivity contribution in [1.29, 1.82) is 0 Å². The van der Waals surface area contributed by atoms with Crippen molar-refractivity contribution >= 4 is 11.9 Å². The van der Waals surface area contributed by atoms with Crippen LogP contribution in [-0.2, 0) is 16.0 Å².